The van der Waals surface area contributed by atoms with Crippen molar-refractivity contribution >= 4 is 23.8 Å². The minimum atomic E-state index is -0.976. The summed E-state index contributed by atoms with van der Waals surface area (Å²) >= 11 is 1.87. The molecule has 0 aliphatic carbocycles. The SMILES string of the molecule is CC1CN(C(=O)N(CC(=O)O)C(C)(C)C)CC(C)S1. The zero-order chi connectivity index (χ0) is 14.8. The van der Waals surface area contributed by atoms with Crippen LogP contribution in [0.2, 0.25) is 0 Å². The van der Waals surface area contributed by atoms with Crippen LogP contribution in [0.5, 0.6) is 0 Å². The number of thioether (sulfide) groups is 1. The van der Waals surface area contributed by atoms with Gasteiger partial charge in [-0.05, 0) is 20.8 Å². The van der Waals surface area contributed by atoms with Crippen molar-refractivity contribution in [1.29, 1.82) is 0 Å². The van der Waals surface area contributed by atoms with Gasteiger partial charge in [-0.2, -0.15) is 11.8 Å². The van der Waals surface area contributed by atoms with E-state index in [2.05, 4.69) is 13.8 Å². The lowest BCUT2D eigenvalue weighted by Gasteiger charge is -2.42. The number of hydrogen-bond acceptors (Lipinski definition) is 3. The molecular formula is C13H24N2O3S. The molecule has 1 fully saturated rings. The van der Waals surface area contributed by atoms with Crippen LogP contribution < -0.4 is 0 Å². The fourth-order valence-corrected chi connectivity index (χ4v) is 3.56. The number of urea groups is 1. The number of carbonyl (C=O) groups excluding carboxylic acids is 1. The molecule has 2 atom stereocenters. The highest BCUT2D eigenvalue weighted by Crippen LogP contribution is 2.26. The Morgan fingerprint density at radius 2 is 1.74 bits per heavy atom. The van der Waals surface area contributed by atoms with E-state index in [-0.39, 0.29) is 12.6 Å². The number of nitrogens with zero attached hydrogens (tertiary/aromatic N) is 2. The number of carbonyl (C=O) groups is 2. The first-order valence-corrected chi connectivity index (χ1v) is 7.49. The summed E-state index contributed by atoms with van der Waals surface area (Å²) in [6.07, 6.45) is 0. The minimum Gasteiger partial charge on any atom is -0.480 e. The summed E-state index contributed by atoms with van der Waals surface area (Å²) in [5.41, 5.74) is -0.494. The molecule has 0 aromatic heterocycles. The van der Waals surface area contributed by atoms with Gasteiger partial charge in [-0.15, -0.1) is 0 Å². The van der Waals surface area contributed by atoms with Crippen molar-refractivity contribution in [1.82, 2.24) is 9.80 Å². The van der Waals surface area contributed by atoms with Gasteiger partial charge in [-0.25, -0.2) is 4.79 Å². The van der Waals surface area contributed by atoms with Gasteiger partial charge in [0.25, 0.3) is 0 Å². The van der Waals surface area contributed by atoms with E-state index in [1.807, 2.05) is 32.5 Å². The molecule has 1 heterocycles. The summed E-state index contributed by atoms with van der Waals surface area (Å²) in [5.74, 6) is -0.976. The summed E-state index contributed by atoms with van der Waals surface area (Å²) in [6, 6.07) is -0.172. The lowest BCUT2D eigenvalue weighted by molar-refractivity contribution is -0.138. The van der Waals surface area contributed by atoms with Crippen molar-refractivity contribution in [3.05, 3.63) is 0 Å². The zero-order valence-corrected chi connectivity index (χ0v) is 13.2. The molecule has 1 aliphatic heterocycles. The number of carboxylic acids is 1. The van der Waals surface area contributed by atoms with Crippen molar-refractivity contribution in [2.45, 2.75) is 50.7 Å². The van der Waals surface area contributed by atoms with Gasteiger partial charge in [-0.1, -0.05) is 13.8 Å². The van der Waals surface area contributed by atoms with E-state index in [0.717, 1.165) is 0 Å². The summed E-state index contributed by atoms with van der Waals surface area (Å²) < 4.78 is 0. The Morgan fingerprint density at radius 1 is 1.26 bits per heavy atom. The van der Waals surface area contributed by atoms with Crippen molar-refractivity contribution in [2.75, 3.05) is 19.6 Å². The molecule has 0 saturated carbocycles. The topological polar surface area (TPSA) is 60.9 Å². The van der Waals surface area contributed by atoms with Crippen LogP contribution in [0.15, 0.2) is 0 Å². The minimum absolute atomic E-state index is 0.172. The van der Waals surface area contributed by atoms with Gasteiger partial charge in [-0.3, -0.25) is 4.79 Å². The quantitative estimate of drug-likeness (QED) is 0.845. The van der Waals surface area contributed by atoms with Gasteiger partial charge in [0.15, 0.2) is 0 Å². The second-order valence-electron chi connectivity index (χ2n) is 6.10. The van der Waals surface area contributed by atoms with Crippen LogP contribution in [0, 0.1) is 0 Å². The maximum absolute atomic E-state index is 12.6. The number of aliphatic carboxylic acids is 1. The molecule has 19 heavy (non-hydrogen) atoms. The van der Waals surface area contributed by atoms with Crippen LogP contribution in [0.1, 0.15) is 34.6 Å². The number of hydrogen-bond donors (Lipinski definition) is 1. The monoisotopic (exact) mass is 288 g/mol. The summed E-state index contributed by atoms with van der Waals surface area (Å²) in [6.45, 7) is 10.9. The second kappa shape index (κ2) is 6.03. The molecular weight excluding hydrogens is 264 g/mol. The maximum Gasteiger partial charge on any atom is 0.323 e. The zero-order valence-electron chi connectivity index (χ0n) is 12.3. The van der Waals surface area contributed by atoms with Crippen molar-refractivity contribution < 1.29 is 14.7 Å². The van der Waals surface area contributed by atoms with Crippen LogP contribution in [0.3, 0.4) is 0 Å². The predicted molar refractivity (Wildman–Crippen MR) is 77.6 cm³/mol. The molecule has 1 saturated heterocycles. The maximum atomic E-state index is 12.6. The fourth-order valence-electron chi connectivity index (χ4n) is 2.23. The average Bonchev–Trinajstić information content (AvgIpc) is 2.21. The molecule has 0 spiro atoms. The lowest BCUT2D eigenvalue weighted by Crippen LogP contribution is -2.56. The predicted octanol–water partition coefficient (Wildman–Crippen LogP) is 2.12. The third-order valence-electron chi connectivity index (χ3n) is 3.02. The molecule has 110 valence electrons. The molecule has 2 unspecified atom stereocenters. The summed E-state index contributed by atoms with van der Waals surface area (Å²) in [5, 5.41) is 9.76. The molecule has 5 nitrogen and oxygen atoms in total. The van der Waals surface area contributed by atoms with E-state index in [9.17, 15) is 9.59 Å². The first-order valence-electron chi connectivity index (χ1n) is 6.55. The molecule has 0 bridgehead atoms. The fraction of sp³-hybridized carbons (Fsp3) is 0.846. The van der Waals surface area contributed by atoms with Crippen molar-refractivity contribution in [2.24, 2.45) is 0 Å². The van der Waals surface area contributed by atoms with Gasteiger partial charge in [0.05, 0.1) is 0 Å². The van der Waals surface area contributed by atoms with Crippen LogP contribution in [0.4, 0.5) is 4.79 Å². The van der Waals surface area contributed by atoms with Crippen LogP contribution in [-0.2, 0) is 4.79 Å². The molecule has 1 N–H and O–H groups in total. The Morgan fingerprint density at radius 3 is 2.11 bits per heavy atom. The normalized spacial score (nSPS) is 24.2. The molecule has 1 rings (SSSR count). The number of amides is 2. The van der Waals surface area contributed by atoms with E-state index >= 15 is 0 Å². The van der Waals surface area contributed by atoms with Crippen LogP contribution in [-0.4, -0.2) is 62.6 Å². The summed E-state index contributed by atoms with van der Waals surface area (Å²) in [4.78, 5) is 26.7. The van der Waals surface area contributed by atoms with Gasteiger partial charge >= 0.3 is 12.0 Å². The molecule has 0 aromatic carbocycles. The van der Waals surface area contributed by atoms with Crippen LogP contribution in [0.25, 0.3) is 0 Å². The molecule has 1 aliphatic rings. The van der Waals surface area contributed by atoms with Gasteiger partial charge in [0.2, 0.25) is 0 Å². The van der Waals surface area contributed by atoms with E-state index in [4.69, 9.17) is 5.11 Å². The Labute approximate surface area is 119 Å². The third kappa shape index (κ3) is 4.60. The summed E-state index contributed by atoms with van der Waals surface area (Å²) in [7, 11) is 0. The highest BCUT2D eigenvalue weighted by Gasteiger charge is 2.34. The largest absolute Gasteiger partial charge is 0.480 e. The molecule has 0 aromatic rings. The lowest BCUT2D eigenvalue weighted by atomic mass is 10.1. The van der Waals surface area contributed by atoms with Crippen LogP contribution >= 0.6 is 11.8 Å². The molecule has 6 heteroatoms. The molecule has 0 radical (unpaired) electrons. The van der Waals surface area contributed by atoms with Crippen molar-refractivity contribution in [3.63, 3.8) is 0 Å². The average molecular weight is 288 g/mol. The standard InChI is InChI=1S/C13H24N2O3S/c1-9-6-14(7-10(2)19-9)12(18)15(8-11(16)17)13(3,4)5/h9-10H,6-8H2,1-5H3,(H,16,17). The highest BCUT2D eigenvalue weighted by atomic mass is 32.2. The third-order valence-corrected chi connectivity index (χ3v) is 4.25. The van der Waals surface area contributed by atoms with E-state index in [1.165, 1.54) is 4.90 Å². The van der Waals surface area contributed by atoms with Gasteiger partial charge in [0.1, 0.15) is 6.54 Å². The van der Waals surface area contributed by atoms with Gasteiger partial charge < -0.3 is 14.9 Å². The molecule has 2 amide bonds. The Hall–Kier alpha value is -0.910. The first kappa shape index (κ1) is 16.1. The second-order valence-corrected chi connectivity index (χ2v) is 7.98. The van der Waals surface area contributed by atoms with Crippen molar-refractivity contribution in [3.8, 4) is 0 Å². The first-order chi connectivity index (χ1) is 8.61. The Bertz CT molecular complexity index is 344. The number of rotatable bonds is 2. The van der Waals surface area contributed by atoms with Gasteiger partial charge in [0, 0.05) is 29.1 Å². The van der Waals surface area contributed by atoms with E-state index in [0.29, 0.717) is 23.6 Å². The van der Waals surface area contributed by atoms with E-state index < -0.39 is 11.5 Å². The highest BCUT2D eigenvalue weighted by molar-refractivity contribution is 8.00. The van der Waals surface area contributed by atoms with E-state index in [1.54, 1.807) is 4.90 Å². The smallest absolute Gasteiger partial charge is 0.323 e. The Balaban J connectivity index is 2.84. The number of carboxylic acid groups (broad SMARTS) is 1. The Kier molecular flexibility index (Phi) is 5.12.